The largest absolute Gasteiger partial charge is 0.423 e. The van der Waals surface area contributed by atoms with E-state index < -0.39 is 63.4 Å². The molecule has 31 heavy (non-hydrogen) atoms. The van der Waals surface area contributed by atoms with Gasteiger partial charge < -0.3 is 4.74 Å². The molecule has 2 heterocycles. The van der Waals surface area contributed by atoms with Crippen molar-refractivity contribution in [2.45, 2.75) is 33.7 Å². The molecule has 0 amide bonds. The number of alkyl halides is 2. The average molecular weight is 458 g/mol. The van der Waals surface area contributed by atoms with Gasteiger partial charge in [-0.15, -0.1) is 0 Å². The second kappa shape index (κ2) is 8.26. The van der Waals surface area contributed by atoms with Gasteiger partial charge >= 0.3 is 5.97 Å². The number of hydrogen-bond donors (Lipinski definition) is 0. The molecule has 0 aliphatic rings. The lowest BCUT2D eigenvalue weighted by molar-refractivity contribution is -0.142. The Morgan fingerprint density at radius 3 is 2.35 bits per heavy atom. The number of carbonyl (C=O) groups excluding carboxylic acids is 1. The Bertz CT molecular complexity index is 1240. The fourth-order valence-electron chi connectivity index (χ4n) is 2.76. The number of rotatable bonds is 4. The van der Waals surface area contributed by atoms with Crippen LogP contribution in [0.2, 0.25) is 5.02 Å². The molecule has 11 heteroatoms. The lowest BCUT2D eigenvalue weighted by atomic mass is 9.97. The molecule has 3 rings (SSSR count). The summed E-state index contributed by atoms with van der Waals surface area (Å²) < 4.78 is 61.2. The zero-order chi connectivity index (χ0) is 23.1. The van der Waals surface area contributed by atoms with Crippen molar-refractivity contribution in [1.82, 2.24) is 14.5 Å². The van der Waals surface area contributed by atoms with E-state index in [1.54, 1.807) is 0 Å². The first-order chi connectivity index (χ1) is 14.4. The van der Waals surface area contributed by atoms with E-state index in [2.05, 4.69) is 9.97 Å². The highest BCUT2D eigenvalue weighted by Crippen LogP contribution is 2.39. The molecule has 0 saturated heterocycles. The number of halogens is 5. The van der Waals surface area contributed by atoms with E-state index >= 15 is 0 Å². The number of pyridine rings is 1. The van der Waals surface area contributed by atoms with Crippen molar-refractivity contribution in [2.24, 2.45) is 5.41 Å². The molecule has 0 radical (unpaired) electrons. The van der Waals surface area contributed by atoms with Gasteiger partial charge in [-0.05, 0) is 32.9 Å². The first-order valence-corrected chi connectivity index (χ1v) is 9.33. The summed E-state index contributed by atoms with van der Waals surface area (Å²) >= 11 is 5.92. The molecule has 0 bridgehead atoms. The number of nitrogens with zero attached hydrogens (tertiary/aromatic N) is 3. The van der Waals surface area contributed by atoms with Gasteiger partial charge in [-0.3, -0.25) is 14.2 Å². The molecule has 3 aromatic rings. The van der Waals surface area contributed by atoms with E-state index in [0.717, 1.165) is 12.3 Å². The fourth-order valence-corrected chi connectivity index (χ4v) is 3.01. The van der Waals surface area contributed by atoms with Gasteiger partial charge in [0.25, 0.3) is 12.0 Å². The van der Waals surface area contributed by atoms with Crippen molar-refractivity contribution >= 4 is 28.7 Å². The van der Waals surface area contributed by atoms with Crippen LogP contribution in [0.25, 0.3) is 22.3 Å². The van der Waals surface area contributed by atoms with Crippen LogP contribution in [0.3, 0.4) is 0 Å². The van der Waals surface area contributed by atoms with E-state index in [1.807, 2.05) is 0 Å². The molecule has 0 fully saturated rings. The minimum Gasteiger partial charge on any atom is -0.423 e. The van der Waals surface area contributed by atoms with Crippen molar-refractivity contribution in [3.05, 3.63) is 51.5 Å². The second-order valence-electron chi connectivity index (χ2n) is 7.60. The third-order valence-corrected chi connectivity index (χ3v) is 4.63. The molecule has 0 atom stereocenters. The van der Waals surface area contributed by atoms with Crippen LogP contribution in [-0.2, 0) is 11.3 Å². The van der Waals surface area contributed by atoms with Crippen molar-refractivity contribution < 1.29 is 27.1 Å². The molecule has 164 valence electrons. The lowest BCUT2D eigenvalue weighted by Crippen LogP contribution is -2.30. The molecule has 2 aromatic heterocycles. The van der Waals surface area contributed by atoms with Crippen molar-refractivity contribution in [2.75, 3.05) is 0 Å². The Balaban J connectivity index is 2.51. The predicted molar refractivity (Wildman–Crippen MR) is 105 cm³/mol. The summed E-state index contributed by atoms with van der Waals surface area (Å²) in [5.74, 6) is -3.57. The smallest absolute Gasteiger partial charge is 0.316 e. The van der Waals surface area contributed by atoms with Gasteiger partial charge in [-0.1, -0.05) is 11.6 Å². The van der Waals surface area contributed by atoms with Crippen LogP contribution in [0, 0.1) is 17.0 Å². The minimum atomic E-state index is -2.98. The SMILES string of the molecule is CC(C)(C)C(=O)Oc1c(-c2c(F)ccc(F)c2Cl)c(=O)n(CC(F)F)c2nccnc12. The Kier molecular flexibility index (Phi) is 6.04. The van der Waals surface area contributed by atoms with E-state index in [4.69, 9.17) is 16.3 Å². The van der Waals surface area contributed by atoms with Gasteiger partial charge in [0.05, 0.1) is 22.5 Å². The highest BCUT2D eigenvalue weighted by atomic mass is 35.5. The summed E-state index contributed by atoms with van der Waals surface area (Å²) in [4.78, 5) is 33.7. The molecule has 0 spiro atoms. The number of ether oxygens (including phenoxy) is 1. The third kappa shape index (κ3) is 4.25. The number of hydrogen-bond acceptors (Lipinski definition) is 5. The maximum atomic E-state index is 14.7. The highest BCUT2D eigenvalue weighted by Gasteiger charge is 2.31. The van der Waals surface area contributed by atoms with Crippen molar-refractivity contribution in [3.63, 3.8) is 0 Å². The van der Waals surface area contributed by atoms with Crippen LogP contribution in [-0.4, -0.2) is 26.9 Å². The van der Waals surface area contributed by atoms with Crippen molar-refractivity contribution in [3.8, 4) is 16.9 Å². The quantitative estimate of drug-likeness (QED) is 0.325. The molecule has 0 aliphatic heterocycles. The maximum Gasteiger partial charge on any atom is 0.316 e. The number of aromatic nitrogens is 3. The Morgan fingerprint density at radius 1 is 1.13 bits per heavy atom. The average Bonchev–Trinajstić information content (AvgIpc) is 2.69. The summed E-state index contributed by atoms with van der Waals surface area (Å²) in [6.45, 7) is 3.47. The van der Waals surface area contributed by atoms with E-state index in [1.165, 1.54) is 27.0 Å². The monoisotopic (exact) mass is 457 g/mol. The van der Waals surface area contributed by atoms with Gasteiger partial charge in [0, 0.05) is 18.0 Å². The summed E-state index contributed by atoms with van der Waals surface area (Å²) in [5, 5.41) is -0.781. The van der Waals surface area contributed by atoms with Crippen LogP contribution >= 0.6 is 11.6 Å². The van der Waals surface area contributed by atoms with Crippen LogP contribution in [0.5, 0.6) is 5.75 Å². The van der Waals surface area contributed by atoms with E-state index in [-0.39, 0.29) is 11.2 Å². The highest BCUT2D eigenvalue weighted by molar-refractivity contribution is 6.33. The Hall–Kier alpha value is -3.01. The van der Waals surface area contributed by atoms with Crippen molar-refractivity contribution in [1.29, 1.82) is 0 Å². The summed E-state index contributed by atoms with van der Waals surface area (Å²) in [6, 6.07) is 1.45. The summed E-state index contributed by atoms with van der Waals surface area (Å²) in [6.07, 6.45) is -0.665. The third-order valence-electron chi connectivity index (χ3n) is 4.26. The molecular weight excluding hydrogens is 442 g/mol. The summed E-state index contributed by atoms with van der Waals surface area (Å²) in [5.41, 5.74) is -4.30. The Labute approximate surface area is 178 Å². The minimum absolute atomic E-state index is 0.268. The zero-order valence-corrected chi connectivity index (χ0v) is 17.3. The van der Waals surface area contributed by atoms with Crippen LogP contribution < -0.4 is 10.3 Å². The van der Waals surface area contributed by atoms with Crippen LogP contribution in [0.1, 0.15) is 20.8 Å². The first kappa shape index (κ1) is 22.7. The van der Waals surface area contributed by atoms with Gasteiger partial charge in [-0.2, -0.15) is 0 Å². The summed E-state index contributed by atoms with van der Waals surface area (Å²) in [7, 11) is 0. The van der Waals surface area contributed by atoms with Gasteiger partial charge in [0.2, 0.25) is 0 Å². The number of benzene rings is 1. The number of carbonyl (C=O) groups is 1. The van der Waals surface area contributed by atoms with E-state index in [9.17, 15) is 27.2 Å². The topological polar surface area (TPSA) is 74.1 Å². The maximum absolute atomic E-state index is 14.7. The Morgan fingerprint density at radius 2 is 1.74 bits per heavy atom. The molecular formula is C20H16ClF4N3O3. The molecule has 0 unspecified atom stereocenters. The van der Waals surface area contributed by atoms with E-state index in [0.29, 0.717) is 10.6 Å². The predicted octanol–water partition coefficient (Wildman–Crippen LogP) is 4.61. The number of esters is 1. The fraction of sp³-hybridized carbons (Fsp3) is 0.300. The number of fused-ring (bicyclic) bond motifs is 1. The molecule has 0 aliphatic carbocycles. The lowest BCUT2D eigenvalue weighted by Gasteiger charge is -2.21. The molecule has 0 N–H and O–H groups in total. The first-order valence-electron chi connectivity index (χ1n) is 8.95. The zero-order valence-electron chi connectivity index (χ0n) is 16.6. The second-order valence-corrected chi connectivity index (χ2v) is 7.98. The standard InChI is InChI=1S/C20H16ClF4N3O3/c1-20(2,3)19(30)31-16-13(12-9(22)4-5-10(23)14(12)21)18(29)28(8-11(24)25)17-15(16)26-6-7-27-17/h4-7,11H,8H2,1-3H3. The molecule has 6 nitrogen and oxygen atoms in total. The normalized spacial score (nSPS) is 11.9. The van der Waals surface area contributed by atoms with Gasteiger partial charge in [0.1, 0.15) is 17.2 Å². The molecule has 1 aromatic carbocycles. The molecule has 0 saturated carbocycles. The van der Waals surface area contributed by atoms with Crippen LogP contribution in [0.4, 0.5) is 17.6 Å². The van der Waals surface area contributed by atoms with Gasteiger partial charge in [-0.25, -0.2) is 27.5 Å². The van der Waals surface area contributed by atoms with Crippen LogP contribution in [0.15, 0.2) is 29.3 Å². The van der Waals surface area contributed by atoms with Gasteiger partial charge in [0.15, 0.2) is 11.4 Å².